The van der Waals surface area contributed by atoms with Gasteiger partial charge >= 0.3 is 0 Å². The summed E-state index contributed by atoms with van der Waals surface area (Å²) in [5.74, 6) is 0. The van der Waals surface area contributed by atoms with E-state index in [4.69, 9.17) is 0 Å². The van der Waals surface area contributed by atoms with Crippen LogP contribution in [0.15, 0.2) is 30.8 Å². The van der Waals surface area contributed by atoms with E-state index in [0.717, 1.165) is 16.7 Å². The molecule has 0 heterocycles. The molecule has 0 radical (unpaired) electrons. The van der Waals surface area contributed by atoms with E-state index in [1.165, 1.54) is 0 Å². The van der Waals surface area contributed by atoms with Crippen LogP contribution in [0, 0.1) is 0 Å². The topological polar surface area (TPSA) is 20.2 Å². The molecule has 0 fully saturated rings. The largest absolute Gasteiger partial charge is 0.386 e. The van der Waals surface area contributed by atoms with Crippen LogP contribution in [0.2, 0.25) is 0 Å². The lowest BCUT2D eigenvalue weighted by molar-refractivity contribution is 0.0786. The van der Waals surface area contributed by atoms with Crippen molar-refractivity contribution in [2.24, 2.45) is 0 Å². The molecule has 1 heteroatoms. The molecule has 0 aliphatic rings. The molecule has 0 unspecified atom stereocenters. The van der Waals surface area contributed by atoms with Crippen LogP contribution >= 0.6 is 0 Å². The Balaban J connectivity index is 3.01. The summed E-state index contributed by atoms with van der Waals surface area (Å²) in [5, 5.41) is 9.70. The average molecular weight is 176 g/mol. The van der Waals surface area contributed by atoms with Crippen molar-refractivity contribution in [1.29, 1.82) is 0 Å². The third-order valence-corrected chi connectivity index (χ3v) is 2.08. The molecule has 0 aromatic heterocycles. The molecule has 1 rings (SSSR count). The fraction of sp³-hybridized carbons (Fsp3) is 0.333. The first-order valence-corrected chi connectivity index (χ1v) is 4.40. The van der Waals surface area contributed by atoms with Gasteiger partial charge < -0.3 is 5.11 Å². The quantitative estimate of drug-likeness (QED) is 0.734. The van der Waals surface area contributed by atoms with Crippen molar-refractivity contribution in [3.63, 3.8) is 0 Å². The van der Waals surface area contributed by atoms with Crippen molar-refractivity contribution < 1.29 is 5.11 Å². The summed E-state index contributed by atoms with van der Waals surface area (Å²) in [5.41, 5.74) is 2.33. The Morgan fingerprint density at radius 3 is 2.00 bits per heavy atom. The molecule has 0 aliphatic heterocycles. The Labute approximate surface area is 79.7 Å². The maximum atomic E-state index is 9.70. The van der Waals surface area contributed by atoms with Crippen molar-refractivity contribution in [2.45, 2.75) is 26.4 Å². The molecule has 0 spiro atoms. The summed E-state index contributed by atoms with van der Waals surface area (Å²) < 4.78 is 0. The highest BCUT2D eigenvalue weighted by molar-refractivity contribution is 5.61. The van der Waals surface area contributed by atoms with Gasteiger partial charge in [-0.05, 0) is 31.9 Å². The maximum Gasteiger partial charge on any atom is 0.0840 e. The molecule has 0 bridgehead atoms. The van der Waals surface area contributed by atoms with E-state index in [1.807, 2.05) is 31.2 Å². The van der Waals surface area contributed by atoms with E-state index in [-0.39, 0.29) is 0 Å². The average Bonchev–Trinajstić information content (AvgIpc) is 2.03. The monoisotopic (exact) mass is 176 g/mol. The van der Waals surface area contributed by atoms with Crippen LogP contribution in [-0.2, 0) is 5.60 Å². The Morgan fingerprint density at radius 1 is 1.23 bits per heavy atom. The van der Waals surface area contributed by atoms with Gasteiger partial charge in [0.05, 0.1) is 5.60 Å². The molecule has 0 saturated heterocycles. The van der Waals surface area contributed by atoms with E-state index < -0.39 is 5.60 Å². The van der Waals surface area contributed by atoms with Gasteiger partial charge in [-0.3, -0.25) is 0 Å². The summed E-state index contributed by atoms with van der Waals surface area (Å²) in [7, 11) is 0. The van der Waals surface area contributed by atoms with Crippen LogP contribution in [0.3, 0.4) is 0 Å². The molecule has 1 N–H and O–H groups in total. The van der Waals surface area contributed by atoms with Crippen LogP contribution in [0.1, 0.15) is 31.9 Å². The standard InChI is InChI=1S/C12H16O/c1-9(2)10-5-7-11(8-6-10)12(3,4)13/h5-8,13H,1H2,2-4H3. The predicted octanol–water partition coefficient (Wildman–Crippen LogP) is 2.95. The molecule has 70 valence electrons. The molecule has 0 saturated carbocycles. The van der Waals surface area contributed by atoms with Gasteiger partial charge in [-0.1, -0.05) is 36.4 Å². The number of hydrogen-bond acceptors (Lipinski definition) is 1. The summed E-state index contributed by atoms with van der Waals surface area (Å²) in [6, 6.07) is 7.83. The molecule has 1 aromatic rings. The van der Waals surface area contributed by atoms with Crippen molar-refractivity contribution in [1.82, 2.24) is 0 Å². The van der Waals surface area contributed by atoms with Gasteiger partial charge in [0.25, 0.3) is 0 Å². The van der Waals surface area contributed by atoms with Crippen LogP contribution in [0.25, 0.3) is 5.57 Å². The van der Waals surface area contributed by atoms with Crippen LogP contribution in [-0.4, -0.2) is 5.11 Å². The van der Waals surface area contributed by atoms with E-state index in [1.54, 1.807) is 13.8 Å². The molecular formula is C12H16O. The fourth-order valence-corrected chi connectivity index (χ4v) is 1.16. The highest BCUT2D eigenvalue weighted by Gasteiger charge is 2.14. The number of hydrogen-bond donors (Lipinski definition) is 1. The van der Waals surface area contributed by atoms with Crippen molar-refractivity contribution in [3.05, 3.63) is 42.0 Å². The summed E-state index contributed by atoms with van der Waals surface area (Å²) >= 11 is 0. The third kappa shape index (κ3) is 2.43. The lowest BCUT2D eigenvalue weighted by Gasteiger charge is -2.17. The molecule has 0 aliphatic carbocycles. The van der Waals surface area contributed by atoms with Crippen molar-refractivity contribution in [2.75, 3.05) is 0 Å². The van der Waals surface area contributed by atoms with E-state index in [0.29, 0.717) is 0 Å². The molecule has 0 atom stereocenters. The Hall–Kier alpha value is -1.08. The fourth-order valence-electron chi connectivity index (χ4n) is 1.16. The second-order valence-corrected chi connectivity index (χ2v) is 3.92. The van der Waals surface area contributed by atoms with Crippen LogP contribution in [0.5, 0.6) is 0 Å². The Morgan fingerprint density at radius 2 is 1.69 bits per heavy atom. The van der Waals surface area contributed by atoms with Gasteiger partial charge in [0.2, 0.25) is 0 Å². The van der Waals surface area contributed by atoms with Gasteiger partial charge in [-0.2, -0.15) is 0 Å². The minimum Gasteiger partial charge on any atom is -0.386 e. The van der Waals surface area contributed by atoms with E-state index in [2.05, 4.69) is 6.58 Å². The molecular weight excluding hydrogens is 160 g/mol. The second-order valence-electron chi connectivity index (χ2n) is 3.92. The normalized spacial score (nSPS) is 11.4. The van der Waals surface area contributed by atoms with Crippen LogP contribution < -0.4 is 0 Å². The summed E-state index contributed by atoms with van der Waals surface area (Å²) in [4.78, 5) is 0. The van der Waals surface area contributed by atoms with E-state index >= 15 is 0 Å². The Kier molecular flexibility index (Phi) is 2.58. The smallest absolute Gasteiger partial charge is 0.0840 e. The maximum absolute atomic E-state index is 9.70. The second kappa shape index (κ2) is 3.35. The molecule has 1 nitrogen and oxygen atoms in total. The zero-order valence-electron chi connectivity index (χ0n) is 8.46. The first-order valence-electron chi connectivity index (χ1n) is 4.40. The Bertz CT molecular complexity index is 301. The van der Waals surface area contributed by atoms with Gasteiger partial charge in [0.1, 0.15) is 0 Å². The predicted molar refractivity (Wildman–Crippen MR) is 56.4 cm³/mol. The van der Waals surface area contributed by atoms with Gasteiger partial charge in [0.15, 0.2) is 0 Å². The van der Waals surface area contributed by atoms with Gasteiger partial charge in [-0.25, -0.2) is 0 Å². The number of benzene rings is 1. The van der Waals surface area contributed by atoms with Crippen molar-refractivity contribution in [3.8, 4) is 0 Å². The number of aliphatic hydroxyl groups is 1. The highest BCUT2D eigenvalue weighted by atomic mass is 16.3. The summed E-state index contributed by atoms with van der Waals surface area (Å²) in [6.45, 7) is 9.39. The number of rotatable bonds is 2. The zero-order valence-corrected chi connectivity index (χ0v) is 8.46. The lowest BCUT2D eigenvalue weighted by Crippen LogP contribution is -2.14. The SMILES string of the molecule is C=C(C)c1ccc(C(C)(C)O)cc1. The lowest BCUT2D eigenvalue weighted by atomic mass is 9.96. The van der Waals surface area contributed by atoms with Gasteiger partial charge in [0, 0.05) is 0 Å². The minimum atomic E-state index is -0.756. The first-order chi connectivity index (χ1) is 5.91. The summed E-state index contributed by atoms with van der Waals surface area (Å²) in [6.07, 6.45) is 0. The van der Waals surface area contributed by atoms with Gasteiger partial charge in [-0.15, -0.1) is 0 Å². The molecule has 0 amide bonds. The minimum absolute atomic E-state index is 0.756. The molecule has 1 aromatic carbocycles. The molecule has 13 heavy (non-hydrogen) atoms. The van der Waals surface area contributed by atoms with Crippen molar-refractivity contribution >= 4 is 5.57 Å². The third-order valence-electron chi connectivity index (χ3n) is 2.08. The van der Waals surface area contributed by atoms with E-state index in [9.17, 15) is 5.11 Å². The zero-order chi connectivity index (χ0) is 10.1. The van der Waals surface area contributed by atoms with Crippen LogP contribution in [0.4, 0.5) is 0 Å². The first kappa shape index (κ1) is 10.0. The number of allylic oxidation sites excluding steroid dienone is 1. The highest BCUT2D eigenvalue weighted by Crippen LogP contribution is 2.21.